The second-order valence-electron chi connectivity index (χ2n) is 10.6. The predicted octanol–water partition coefficient (Wildman–Crippen LogP) is 6.60. The Bertz CT molecular complexity index is 1670. The summed E-state index contributed by atoms with van der Waals surface area (Å²) in [6, 6.07) is 32.8. The van der Waals surface area contributed by atoms with Crippen LogP contribution < -0.4 is 14.8 Å². The second kappa shape index (κ2) is 15.6. The molecule has 0 spiro atoms. The Kier molecular flexibility index (Phi) is 10.9. The maximum Gasteiger partial charge on any atom is 0.437 e. The van der Waals surface area contributed by atoms with Crippen molar-refractivity contribution in [3.8, 4) is 11.5 Å². The van der Waals surface area contributed by atoms with E-state index in [1.807, 2.05) is 60.7 Å². The zero-order chi connectivity index (χ0) is 32.3. The first kappa shape index (κ1) is 32.1. The first-order chi connectivity index (χ1) is 22.4. The average Bonchev–Trinajstić information content (AvgIpc) is 3.07. The number of nitrogens with one attached hydrogen (secondary N) is 1. The molecule has 1 aliphatic rings. The molecule has 0 saturated carbocycles. The fourth-order valence-corrected chi connectivity index (χ4v) is 5.01. The first-order valence-corrected chi connectivity index (χ1v) is 15.1. The van der Waals surface area contributed by atoms with Crippen LogP contribution in [0.2, 0.25) is 0 Å². The van der Waals surface area contributed by atoms with Crippen LogP contribution in [0.5, 0.6) is 11.5 Å². The summed E-state index contributed by atoms with van der Waals surface area (Å²) in [5, 5.41) is 2.85. The van der Waals surface area contributed by atoms with Crippen molar-refractivity contribution in [2.45, 2.75) is 25.9 Å². The molecule has 1 aliphatic heterocycles. The van der Waals surface area contributed by atoms with Crippen molar-refractivity contribution in [2.75, 3.05) is 25.5 Å². The summed E-state index contributed by atoms with van der Waals surface area (Å²) in [5.74, 6) is 0.471. The first-order valence-electron chi connectivity index (χ1n) is 14.8. The average molecular weight is 640 g/mol. The van der Waals surface area contributed by atoms with Crippen LogP contribution >= 0.6 is 11.8 Å². The van der Waals surface area contributed by atoms with Gasteiger partial charge in [0.1, 0.15) is 23.7 Å². The number of hydrogen-bond donors (Lipinski definition) is 1. The van der Waals surface area contributed by atoms with Gasteiger partial charge in [-0.1, -0.05) is 78.9 Å². The highest BCUT2D eigenvalue weighted by Crippen LogP contribution is 2.36. The number of halogens is 1. The maximum absolute atomic E-state index is 13.1. The van der Waals surface area contributed by atoms with Gasteiger partial charge >= 0.3 is 6.09 Å². The lowest BCUT2D eigenvalue weighted by molar-refractivity contribution is -0.130. The highest BCUT2D eigenvalue weighted by molar-refractivity contribution is 6.30. The van der Waals surface area contributed by atoms with Gasteiger partial charge in [-0.2, -0.15) is 4.42 Å². The van der Waals surface area contributed by atoms with E-state index in [1.54, 1.807) is 65.4 Å². The molecule has 4 aromatic carbocycles. The second-order valence-corrected chi connectivity index (χ2v) is 10.9. The van der Waals surface area contributed by atoms with Crippen molar-refractivity contribution >= 4 is 47.0 Å². The van der Waals surface area contributed by atoms with E-state index in [-0.39, 0.29) is 37.5 Å². The summed E-state index contributed by atoms with van der Waals surface area (Å²) in [4.78, 5) is 46.8. The molecule has 1 heterocycles. The van der Waals surface area contributed by atoms with Crippen LogP contribution in [-0.2, 0) is 22.7 Å². The lowest BCUT2D eigenvalue weighted by Crippen LogP contribution is -2.47. The van der Waals surface area contributed by atoms with Crippen molar-refractivity contribution in [3.63, 3.8) is 0 Å². The largest absolute Gasteiger partial charge is 0.491 e. The molecule has 46 heavy (non-hydrogen) atoms. The van der Waals surface area contributed by atoms with Crippen molar-refractivity contribution in [3.05, 3.63) is 120 Å². The molecule has 5 rings (SSSR count). The molecule has 1 N–H and O–H groups in total. The number of ether oxygens (including phenoxy) is 2. The van der Waals surface area contributed by atoms with Crippen molar-refractivity contribution in [1.82, 2.24) is 14.2 Å². The zero-order valence-corrected chi connectivity index (χ0v) is 26.1. The van der Waals surface area contributed by atoms with E-state index >= 15 is 0 Å². The monoisotopic (exact) mass is 639 g/mol. The van der Waals surface area contributed by atoms with E-state index in [1.165, 1.54) is 0 Å². The topological polar surface area (TPSA) is 104 Å². The quantitative estimate of drug-likeness (QED) is 0.146. The van der Waals surface area contributed by atoms with Crippen LogP contribution in [0.15, 0.2) is 114 Å². The molecule has 0 bridgehead atoms. The van der Waals surface area contributed by atoms with Crippen LogP contribution in [0, 0.1) is 0 Å². The molecule has 10 nitrogen and oxygen atoms in total. The van der Waals surface area contributed by atoms with Gasteiger partial charge in [0.15, 0.2) is 0 Å². The number of benzene rings is 4. The van der Waals surface area contributed by atoms with E-state index in [4.69, 9.17) is 26.2 Å². The van der Waals surface area contributed by atoms with Crippen molar-refractivity contribution in [2.24, 2.45) is 4.99 Å². The smallest absolute Gasteiger partial charge is 0.437 e. The SMILES string of the molecule is CN(Cc1ccccc1)C(=O)CCCOc1cccc2c1N=C(N(Cl)C(=O)Oc1ccccc1)N(CC(=O)Nc1ccccc1)C2. The standard InChI is InChI=1S/C35H34ClN5O5/c1-39(23-26-13-5-2-6-14-26)32(43)21-12-22-45-30-20-11-15-27-24-40(25-31(42)37-28-16-7-3-8-17-28)34(38-33(27)30)41(36)35(44)46-29-18-9-4-10-19-29/h2-11,13-20H,12,21-25H2,1H3,(H,37,42). The van der Waals surface area contributed by atoms with Gasteiger partial charge in [0, 0.05) is 49.6 Å². The van der Waals surface area contributed by atoms with E-state index in [0.29, 0.717) is 42.3 Å². The van der Waals surface area contributed by atoms with E-state index in [0.717, 1.165) is 15.5 Å². The van der Waals surface area contributed by atoms with Gasteiger partial charge in [0.2, 0.25) is 17.8 Å². The van der Waals surface area contributed by atoms with Gasteiger partial charge in [0.05, 0.1) is 6.61 Å². The van der Waals surface area contributed by atoms with Gasteiger partial charge in [-0.3, -0.25) is 9.59 Å². The number of hydrogen-bond acceptors (Lipinski definition) is 7. The maximum atomic E-state index is 13.1. The summed E-state index contributed by atoms with van der Waals surface area (Å²) < 4.78 is 12.3. The summed E-state index contributed by atoms with van der Waals surface area (Å²) in [6.45, 7) is 0.888. The number of aliphatic imine (C=N–C) groups is 1. The Balaban J connectivity index is 1.28. The van der Waals surface area contributed by atoms with Gasteiger partial charge in [-0.05, 0) is 42.3 Å². The Hall–Kier alpha value is -5.35. The molecule has 11 heteroatoms. The number of amides is 3. The van der Waals surface area contributed by atoms with Crippen molar-refractivity contribution in [1.29, 1.82) is 0 Å². The zero-order valence-electron chi connectivity index (χ0n) is 25.3. The summed E-state index contributed by atoms with van der Waals surface area (Å²) >= 11 is 6.54. The molecule has 0 radical (unpaired) electrons. The van der Waals surface area contributed by atoms with Crippen LogP contribution in [0.4, 0.5) is 16.2 Å². The Labute approximate surface area is 272 Å². The Morgan fingerprint density at radius 1 is 0.891 bits per heavy atom. The molecule has 4 aromatic rings. The molecule has 0 atom stereocenters. The Morgan fingerprint density at radius 2 is 1.57 bits per heavy atom. The molecule has 0 saturated heterocycles. The van der Waals surface area contributed by atoms with Crippen LogP contribution in [0.1, 0.15) is 24.0 Å². The van der Waals surface area contributed by atoms with E-state index < -0.39 is 6.09 Å². The molecular formula is C35H34ClN5O5. The fourth-order valence-electron chi connectivity index (χ4n) is 4.83. The lowest BCUT2D eigenvalue weighted by Gasteiger charge is -2.32. The van der Waals surface area contributed by atoms with Crippen LogP contribution in [0.3, 0.4) is 0 Å². The number of para-hydroxylation sites is 3. The minimum absolute atomic E-state index is 0.00655. The van der Waals surface area contributed by atoms with Crippen LogP contribution in [0.25, 0.3) is 0 Å². The number of carbonyl (C=O) groups is 3. The molecule has 3 amide bonds. The summed E-state index contributed by atoms with van der Waals surface area (Å²) in [6.07, 6.45) is -0.0763. The number of fused-ring (bicyclic) bond motifs is 1. The van der Waals surface area contributed by atoms with Gasteiger partial charge in [-0.25, -0.2) is 9.79 Å². The number of nitrogens with zero attached hydrogens (tertiary/aromatic N) is 4. The molecular weight excluding hydrogens is 606 g/mol. The molecule has 236 valence electrons. The third kappa shape index (κ3) is 8.64. The summed E-state index contributed by atoms with van der Waals surface area (Å²) in [5.41, 5.74) is 2.94. The van der Waals surface area contributed by atoms with Gasteiger partial charge in [-0.15, -0.1) is 0 Å². The molecule has 0 fully saturated rings. The Morgan fingerprint density at radius 3 is 2.28 bits per heavy atom. The number of carbonyl (C=O) groups excluding carboxylic acids is 3. The number of rotatable bonds is 11. The van der Waals surface area contributed by atoms with E-state index in [2.05, 4.69) is 5.32 Å². The minimum Gasteiger partial charge on any atom is -0.491 e. The number of anilines is 1. The highest BCUT2D eigenvalue weighted by Gasteiger charge is 2.31. The summed E-state index contributed by atoms with van der Waals surface area (Å²) in [7, 11) is 1.78. The van der Waals surface area contributed by atoms with Crippen LogP contribution in [-0.4, -0.2) is 58.3 Å². The molecule has 0 aliphatic carbocycles. The third-order valence-electron chi connectivity index (χ3n) is 7.10. The van der Waals surface area contributed by atoms with Crippen molar-refractivity contribution < 1.29 is 23.9 Å². The predicted molar refractivity (Wildman–Crippen MR) is 177 cm³/mol. The number of guanidine groups is 1. The molecule has 0 unspecified atom stereocenters. The minimum atomic E-state index is -0.889. The highest BCUT2D eigenvalue weighted by atomic mass is 35.5. The van der Waals surface area contributed by atoms with Gasteiger partial charge in [0.25, 0.3) is 0 Å². The third-order valence-corrected chi connectivity index (χ3v) is 7.38. The fraction of sp³-hybridized carbons (Fsp3) is 0.200. The molecule has 0 aromatic heterocycles. The normalized spacial score (nSPS) is 12.0. The van der Waals surface area contributed by atoms with E-state index in [9.17, 15) is 14.4 Å². The van der Waals surface area contributed by atoms with Gasteiger partial charge < -0.3 is 24.6 Å². The lowest BCUT2D eigenvalue weighted by atomic mass is 10.1.